The van der Waals surface area contributed by atoms with E-state index in [0.717, 1.165) is 17.9 Å². The topological polar surface area (TPSA) is 25.2 Å². The number of hydrogen-bond donors (Lipinski definition) is 0. The molecule has 1 amide bonds. The van der Waals surface area contributed by atoms with Gasteiger partial charge >= 0.3 is 0 Å². The molecule has 0 saturated heterocycles. The molecule has 0 bridgehead atoms. The van der Waals surface area contributed by atoms with Crippen molar-refractivity contribution in [1.82, 2.24) is 9.47 Å². The number of rotatable bonds is 5. The zero-order valence-electron chi connectivity index (χ0n) is 16.8. The molecular weight excluding hydrogens is 352 g/mol. The number of aromatic nitrogens is 1. The van der Waals surface area contributed by atoms with Crippen molar-refractivity contribution in [2.75, 3.05) is 14.1 Å². The first kappa shape index (κ1) is 19.6. The highest BCUT2D eigenvalue weighted by Crippen LogP contribution is 2.35. The van der Waals surface area contributed by atoms with Crippen LogP contribution < -0.4 is 0 Å². The Balaban J connectivity index is 2.11. The molecule has 0 spiro atoms. The molecule has 3 nitrogen and oxygen atoms in total. The molecule has 0 N–H and O–H groups in total. The van der Waals surface area contributed by atoms with Gasteiger partial charge in [0.1, 0.15) is 0 Å². The molecule has 0 aliphatic carbocycles. The number of carbonyl (C=O) groups excluding carboxylic acids is 1. The number of aryl methyl sites for hydroxylation is 1. The Morgan fingerprint density at radius 3 is 2.41 bits per heavy atom. The highest BCUT2D eigenvalue weighted by Gasteiger charge is 2.17. The fourth-order valence-corrected chi connectivity index (χ4v) is 4.30. The Morgan fingerprint density at radius 1 is 1.11 bits per heavy atom. The molecule has 0 atom stereocenters. The molecule has 0 aliphatic rings. The zero-order valence-corrected chi connectivity index (χ0v) is 17.6. The van der Waals surface area contributed by atoms with Crippen molar-refractivity contribution < 1.29 is 4.79 Å². The standard InChI is InChI=1S/C23H28N2OS/c1-6-19-12-18-13-22(27-23(26)24(4)5)20(16(2)3)14-21(18)25(19)15-17-10-8-7-9-11-17/h7-14,16H,6,15H2,1-5H3. The summed E-state index contributed by atoms with van der Waals surface area (Å²) in [5.41, 5.74) is 5.11. The quantitative estimate of drug-likeness (QED) is 0.496. The monoisotopic (exact) mass is 380 g/mol. The summed E-state index contributed by atoms with van der Waals surface area (Å²) in [6.45, 7) is 7.45. The van der Waals surface area contributed by atoms with Gasteiger partial charge in [0.25, 0.3) is 5.24 Å². The van der Waals surface area contributed by atoms with Crippen molar-refractivity contribution in [1.29, 1.82) is 0 Å². The lowest BCUT2D eigenvalue weighted by Crippen LogP contribution is -2.16. The maximum Gasteiger partial charge on any atom is 0.285 e. The molecule has 0 fully saturated rings. The lowest BCUT2D eigenvalue weighted by atomic mass is 10.0. The van der Waals surface area contributed by atoms with E-state index < -0.39 is 0 Å². The first-order valence-electron chi connectivity index (χ1n) is 9.49. The number of amides is 1. The van der Waals surface area contributed by atoms with Gasteiger partial charge in [-0.2, -0.15) is 0 Å². The van der Waals surface area contributed by atoms with E-state index in [1.54, 1.807) is 19.0 Å². The van der Waals surface area contributed by atoms with E-state index in [4.69, 9.17) is 0 Å². The van der Waals surface area contributed by atoms with Crippen LogP contribution in [0, 0.1) is 0 Å². The van der Waals surface area contributed by atoms with Gasteiger partial charge in [-0.25, -0.2) is 0 Å². The first-order chi connectivity index (χ1) is 12.9. The molecule has 4 heteroatoms. The molecule has 3 aromatic rings. The van der Waals surface area contributed by atoms with Crippen molar-refractivity contribution in [2.45, 2.75) is 44.6 Å². The lowest BCUT2D eigenvalue weighted by molar-refractivity contribution is 0.241. The van der Waals surface area contributed by atoms with Crippen LogP contribution in [0.4, 0.5) is 4.79 Å². The van der Waals surface area contributed by atoms with Gasteiger partial charge in [0, 0.05) is 42.1 Å². The Hall–Kier alpha value is -2.20. The van der Waals surface area contributed by atoms with E-state index in [9.17, 15) is 4.79 Å². The van der Waals surface area contributed by atoms with Crippen molar-refractivity contribution in [3.8, 4) is 0 Å². The molecule has 3 rings (SSSR count). The van der Waals surface area contributed by atoms with Crippen LogP contribution in [0.1, 0.15) is 43.5 Å². The molecule has 1 heterocycles. The number of carbonyl (C=O) groups is 1. The maximum absolute atomic E-state index is 12.3. The Bertz CT molecular complexity index is 942. The van der Waals surface area contributed by atoms with Gasteiger partial charge in [0.2, 0.25) is 0 Å². The zero-order chi connectivity index (χ0) is 19.6. The predicted octanol–water partition coefficient (Wildman–Crippen LogP) is 6.15. The van der Waals surface area contributed by atoms with E-state index in [2.05, 4.69) is 73.9 Å². The fraction of sp³-hybridized carbons (Fsp3) is 0.348. The maximum atomic E-state index is 12.3. The van der Waals surface area contributed by atoms with Crippen molar-refractivity contribution in [3.05, 3.63) is 65.4 Å². The summed E-state index contributed by atoms with van der Waals surface area (Å²) in [6, 6.07) is 17.3. The van der Waals surface area contributed by atoms with Gasteiger partial charge in [0.15, 0.2) is 0 Å². The molecule has 2 aromatic carbocycles. The van der Waals surface area contributed by atoms with Gasteiger partial charge < -0.3 is 9.47 Å². The van der Waals surface area contributed by atoms with E-state index in [0.29, 0.717) is 5.92 Å². The van der Waals surface area contributed by atoms with Crippen LogP contribution in [0.15, 0.2) is 53.4 Å². The SMILES string of the molecule is CCc1cc2cc(SC(=O)N(C)C)c(C(C)C)cc2n1Cc1ccccc1. The minimum absolute atomic E-state index is 0.0654. The van der Waals surface area contributed by atoms with Crippen molar-refractivity contribution in [2.24, 2.45) is 0 Å². The molecule has 1 aromatic heterocycles. The van der Waals surface area contributed by atoms with E-state index in [1.807, 2.05) is 0 Å². The van der Waals surface area contributed by atoms with Crippen LogP contribution in [0.2, 0.25) is 0 Å². The van der Waals surface area contributed by atoms with Gasteiger partial charge in [-0.15, -0.1) is 0 Å². The lowest BCUT2D eigenvalue weighted by Gasteiger charge is -2.16. The van der Waals surface area contributed by atoms with E-state index in [-0.39, 0.29) is 5.24 Å². The van der Waals surface area contributed by atoms with Gasteiger partial charge in [0.05, 0.1) is 0 Å². The van der Waals surface area contributed by atoms with Crippen LogP contribution in [0.3, 0.4) is 0 Å². The highest BCUT2D eigenvalue weighted by molar-refractivity contribution is 8.13. The van der Waals surface area contributed by atoms with Crippen LogP contribution in [-0.2, 0) is 13.0 Å². The highest BCUT2D eigenvalue weighted by atomic mass is 32.2. The normalized spacial score (nSPS) is 11.3. The average molecular weight is 381 g/mol. The molecule has 27 heavy (non-hydrogen) atoms. The number of benzene rings is 2. The number of fused-ring (bicyclic) bond motifs is 1. The van der Waals surface area contributed by atoms with Crippen molar-refractivity contribution in [3.63, 3.8) is 0 Å². The molecule has 0 radical (unpaired) electrons. The van der Waals surface area contributed by atoms with Gasteiger partial charge in [-0.05, 0) is 53.4 Å². The fourth-order valence-electron chi connectivity index (χ4n) is 3.33. The minimum Gasteiger partial charge on any atom is -0.340 e. The van der Waals surface area contributed by atoms with Crippen LogP contribution in [-0.4, -0.2) is 28.8 Å². The second kappa shape index (κ2) is 8.22. The van der Waals surface area contributed by atoms with Crippen LogP contribution in [0.25, 0.3) is 10.9 Å². The second-order valence-electron chi connectivity index (χ2n) is 7.43. The summed E-state index contributed by atoms with van der Waals surface area (Å²) in [5, 5.41) is 1.27. The third-order valence-corrected chi connectivity index (χ3v) is 5.96. The van der Waals surface area contributed by atoms with E-state index in [1.165, 1.54) is 39.5 Å². The summed E-state index contributed by atoms with van der Waals surface area (Å²) >= 11 is 1.33. The second-order valence-corrected chi connectivity index (χ2v) is 8.42. The molecule has 0 aliphatic heterocycles. The third-order valence-electron chi connectivity index (χ3n) is 4.85. The Kier molecular flexibility index (Phi) is 5.95. The number of thioether (sulfide) groups is 1. The summed E-state index contributed by atoms with van der Waals surface area (Å²) in [7, 11) is 3.60. The Morgan fingerprint density at radius 2 is 1.81 bits per heavy atom. The minimum atomic E-state index is 0.0654. The summed E-state index contributed by atoms with van der Waals surface area (Å²) < 4.78 is 2.42. The van der Waals surface area contributed by atoms with Gasteiger partial charge in [-0.3, -0.25) is 4.79 Å². The summed E-state index contributed by atoms with van der Waals surface area (Å²) in [5.74, 6) is 0.358. The molecule has 142 valence electrons. The molecule has 0 unspecified atom stereocenters. The van der Waals surface area contributed by atoms with Crippen molar-refractivity contribution >= 4 is 27.9 Å². The largest absolute Gasteiger partial charge is 0.340 e. The Labute approximate surface area is 166 Å². The third kappa shape index (κ3) is 4.22. The van der Waals surface area contributed by atoms with Gasteiger partial charge in [-0.1, -0.05) is 51.1 Å². The number of hydrogen-bond acceptors (Lipinski definition) is 2. The average Bonchev–Trinajstić information content (AvgIpc) is 2.98. The number of nitrogens with zero attached hydrogens (tertiary/aromatic N) is 2. The molecular formula is C23H28N2OS. The molecule has 0 saturated carbocycles. The first-order valence-corrected chi connectivity index (χ1v) is 10.3. The smallest absolute Gasteiger partial charge is 0.285 e. The van der Waals surface area contributed by atoms with Crippen LogP contribution in [0.5, 0.6) is 0 Å². The summed E-state index contributed by atoms with van der Waals surface area (Å²) in [4.78, 5) is 15.0. The van der Waals surface area contributed by atoms with Crippen LogP contribution >= 0.6 is 11.8 Å². The van der Waals surface area contributed by atoms with E-state index >= 15 is 0 Å². The summed E-state index contributed by atoms with van der Waals surface area (Å²) in [6.07, 6.45) is 0.984. The predicted molar refractivity (Wildman–Crippen MR) is 116 cm³/mol.